The second-order valence-corrected chi connectivity index (χ2v) is 8.51. The summed E-state index contributed by atoms with van der Waals surface area (Å²) in [6.45, 7) is 4.91. The monoisotopic (exact) mass is 457 g/mol. The van der Waals surface area contributed by atoms with E-state index in [-0.39, 0.29) is 22.7 Å². The molecule has 0 radical (unpaired) electrons. The summed E-state index contributed by atoms with van der Waals surface area (Å²) in [5.41, 5.74) is 1.98. The molecule has 0 spiro atoms. The Hall–Kier alpha value is -3.17. The van der Waals surface area contributed by atoms with E-state index in [4.69, 9.17) is 11.6 Å². The Balaban J connectivity index is 1.78. The van der Waals surface area contributed by atoms with Gasteiger partial charge in [0.05, 0.1) is 10.9 Å². The zero-order valence-electron chi connectivity index (χ0n) is 17.0. The minimum atomic E-state index is -0.541. The molecule has 0 saturated carbocycles. The summed E-state index contributed by atoms with van der Waals surface area (Å²) in [4.78, 5) is 39.3. The zero-order valence-corrected chi connectivity index (χ0v) is 18.6. The molecule has 0 aliphatic rings. The van der Waals surface area contributed by atoms with Gasteiger partial charge in [0.1, 0.15) is 0 Å². The second kappa shape index (κ2) is 9.76. The van der Waals surface area contributed by atoms with Crippen LogP contribution in [0.2, 0.25) is 5.02 Å². The molecule has 1 aromatic heterocycles. The lowest BCUT2D eigenvalue weighted by molar-refractivity contribution is -0.115. The first-order valence-electron chi connectivity index (χ1n) is 9.32. The zero-order chi connectivity index (χ0) is 22.5. The number of aryl methyl sites for hydroxylation is 1. The third-order valence-corrected chi connectivity index (χ3v) is 5.50. The third-order valence-electron chi connectivity index (χ3n) is 4.27. The van der Waals surface area contributed by atoms with Gasteiger partial charge in [0, 0.05) is 23.2 Å². The molecule has 0 unspecified atom stereocenters. The van der Waals surface area contributed by atoms with E-state index in [0.29, 0.717) is 22.0 Å². The molecule has 2 amide bonds. The van der Waals surface area contributed by atoms with Gasteiger partial charge in [0.2, 0.25) is 11.8 Å². The number of carbonyl (C=O) groups excluding carboxylic acids is 2. The van der Waals surface area contributed by atoms with Crippen molar-refractivity contribution in [2.24, 2.45) is 0 Å². The first-order chi connectivity index (χ1) is 14.7. The second-order valence-electron chi connectivity index (χ2n) is 6.74. The molecule has 3 N–H and O–H groups in total. The van der Waals surface area contributed by atoms with Crippen molar-refractivity contribution in [3.63, 3.8) is 0 Å². The number of hydrogen-bond acceptors (Lipinski definition) is 6. The molecule has 3 aromatic rings. The predicted octanol–water partition coefficient (Wildman–Crippen LogP) is 3.87. The summed E-state index contributed by atoms with van der Waals surface area (Å²) in [5, 5.41) is 13.9. The number of rotatable bonds is 6. The highest BCUT2D eigenvalue weighted by Gasteiger charge is 2.19. The Bertz CT molecular complexity index is 1180. The van der Waals surface area contributed by atoms with Crippen molar-refractivity contribution in [2.45, 2.75) is 31.2 Å². The lowest BCUT2D eigenvalue weighted by atomic mass is 10.1. The van der Waals surface area contributed by atoms with E-state index < -0.39 is 10.8 Å². The van der Waals surface area contributed by atoms with E-state index >= 15 is 0 Å². The van der Waals surface area contributed by atoms with Crippen LogP contribution in [0, 0.1) is 6.92 Å². The number of aromatic amines is 1. The maximum absolute atomic E-state index is 12.7. The molecule has 31 heavy (non-hydrogen) atoms. The summed E-state index contributed by atoms with van der Waals surface area (Å²) >= 11 is 6.92. The molecule has 160 valence electrons. The maximum Gasteiger partial charge on any atom is 0.278 e. The summed E-state index contributed by atoms with van der Waals surface area (Å²) in [7, 11) is 0. The van der Waals surface area contributed by atoms with Crippen molar-refractivity contribution in [2.75, 3.05) is 10.6 Å². The van der Waals surface area contributed by atoms with Crippen molar-refractivity contribution in [3.05, 3.63) is 63.4 Å². The van der Waals surface area contributed by atoms with Gasteiger partial charge in [-0.3, -0.25) is 19.4 Å². The van der Waals surface area contributed by atoms with Gasteiger partial charge in [-0.1, -0.05) is 41.6 Å². The molecule has 0 fully saturated rings. The van der Waals surface area contributed by atoms with Gasteiger partial charge in [-0.25, -0.2) is 0 Å². The summed E-state index contributed by atoms with van der Waals surface area (Å²) < 4.78 is 0. The Labute approximate surface area is 187 Å². The Kier molecular flexibility index (Phi) is 7.09. The minimum Gasteiger partial charge on any atom is -0.325 e. The summed E-state index contributed by atoms with van der Waals surface area (Å²) in [6.07, 6.45) is 0. The molecule has 0 aliphatic carbocycles. The lowest BCUT2D eigenvalue weighted by Gasteiger charge is -2.13. The van der Waals surface area contributed by atoms with Crippen LogP contribution in [0.3, 0.4) is 0 Å². The van der Waals surface area contributed by atoms with E-state index in [1.54, 1.807) is 43.3 Å². The number of hydrogen-bond donors (Lipinski definition) is 3. The fraction of sp³-hybridized carbons (Fsp3) is 0.190. The number of benzene rings is 2. The normalized spacial score (nSPS) is 11.6. The van der Waals surface area contributed by atoms with Gasteiger partial charge in [-0.2, -0.15) is 0 Å². The standard InChI is InChI=1S/C21H20ClN5O3S/c1-11-5-4-6-16(17(11)23-13(3)28)18-20(30)25-21(27-26-18)31-12(2)19(29)24-15-9-7-14(22)8-10-15/h4-10,12H,1-3H3,(H,23,28)(H,24,29)(H,25,27,30)/t12-/m0/s1. The third kappa shape index (κ3) is 5.71. The minimum absolute atomic E-state index is 0.0788. The number of H-pyrrole nitrogens is 1. The number of anilines is 2. The summed E-state index contributed by atoms with van der Waals surface area (Å²) in [5.74, 6) is -0.515. The Morgan fingerprint density at radius 1 is 1.10 bits per heavy atom. The molecule has 1 atom stereocenters. The van der Waals surface area contributed by atoms with Gasteiger partial charge in [-0.05, 0) is 43.7 Å². The van der Waals surface area contributed by atoms with Crippen LogP contribution in [0.1, 0.15) is 19.4 Å². The topological polar surface area (TPSA) is 117 Å². The van der Waals surface area contributed by atoms with Crippen LogP contribution in [0.25, 0.3) is 11.3 Å². The van der Waals surface area contributed by atoms with Crippen molar-refractivity contribution < 1.29 is 9.59 Å². The Morgan fingerprint density at radius 2 is 1.81 bits per heavy atom. The SMILES string of the molecule is CC(=O)Nc1c(C)cccc1-c1nnc(S[C@@H](C)C(=O)Nc2ccc(Cl)cc2)[nH]c1=O. The van der Waals surface area contributed by atoms with E-state index in [2.05, 4.69) is 25.8 Å². The van der Waals surface area contributed by atoms with Gasteiger partial charge < -0.3 is 10.6 Å². The number of nitrogens with one attached hydrogen (secondary N) is 3. The van der Waals surface area contributed by atoms with Crippen LogP contribution >= 0.6 is 23.4 Å². The molecule has 10 heteroatoms. The molecule has 8 nitrogen and oxygen atoms in total. The van der Waals surface area contributed by atoms with E-state index in [1.165, 1.54) is 6.92 Å². The van der Waals surface area contributed by atoms with Crippen molar-refractivity contribution in [1.29, 1.82) is 0 Å². The average Bonchev–Trinajstić information content (AvgIpc) is 2.71. The molecule has 0 aliphatic heterocycles. The van der Waals surface area contributed by atoms with Crippen molar-refractivity contribution in [3.8, 4) is 11.3 Å². The molecular weight excluding hydrogens is 438 g/mol. The first kappa shape index (κ1) is 22.5. The smallest absolute Gasteiger partial charge is 0.278 e. The van der Waals surface area contributed by atoms with Crippen LogP contribution in [0.5, 0.6) is 0 Å². The predicted molar refractivity (Wildman–Crippen MR) is 123 cm³/mol. The number of thioether (sulfide) groups is 1. The van der Waals surface area contributed by atoms with Crippen molar-refractivity contribution >= 4 is 46.6 Å². The number of carbonyl (C=O) groups is 2. The largest absolute Gasteiger partial charge is 0.325 e. The number of para-hydroxylation sites is 1. The molecule has 3 rings (SSSR count). The Morgan fingerprint density at radius 3 is 2.45 bits per heavy atom. The van der Waals surface area contributed by atoms with Gasteiger partial charge in [0.15, 0.2) is 10.9 Å². The van der Waals surface area contributed by atoms with E-state index in [9.17, 15) is 14.4 Å². The molecule has 2 aromatic carbocycles. The lowest BCUT2D eigenvalue weighted by Crippen LogP contribution is -2.23. The van der Waals surface area contributed by atoms with E-state index in [0.717, 1.165) is 17.3 Å². The molecule has 1 heterocycles. The van der Waals surface area contributed by atoms with Crippen LogP contribution in [-0.2, 0) is 9.59 Å². The number of amides is 2. The fourth-order valence-corrected chi connectivity index (χ4v) is 3.62. The molecular formula is C21H20ClN5O3S. The highest BCUT2D eigenvalue weighted by Crippen LogP contribution is 2.28. The van der Waals surface area contributed by atoms with Gasteiger partial charge in [0.25, 0.3) is 5.56 Å². The van der Waals surface area contributed by atoms with Crippen LogP contribution < -0.4 is 16.2 Å². The van der Waals surface area contributed by atoms with Crippen LogP contribution in [-0.4, -0.2) is 32.2 Å². The van der Waals surface area contributed by atoms with Crippen LogP contribution in [0.4, 0.5) is 11.4 Å². The maximum atomic E-state index is 12.7. The number of aromatic nitrogens is 3. The quantitative estimate of drug-likeness (QED) is 0.484. The average molecular weight is 458 g/mol. The van der Waals surface area contributed by atoms with E-state index in [1.807, 2.05) is 13.0 Å². The number of nitrogens with zero attached hydrogens (tertiary/aromatic N) is 2. The van der Waals surface area contributed by atoms with Gasteiger partial charge in [-0.15, -0.1) is 10.2 Å². The highest BCUT2D eigenvalue weighted by atomic mass is 35.5. The number of halogens is 1. The summed E-state index contributed by atoms with van der Waals surface area (Å²) in [6, 6.07) is 12.0. The van der Waals surface area contributed by atoms with Gasteiger partial charge >= 0.3 is 0 Å². The fourth-order valence-electron chi connectivity index (χ4n) is 2.76. The van der Waals surface area contributed by atoms with Crippen LogP contribution in [0.15, 0.2) is 52.4 Å². The highest BCUT2D eigenvalue weighted by molar-refractivity contribution is 8.00. The van der Waals surface area contributed by atoms with Crippen molar-refractivity contribution in [1.82, 2.24) is 15.2 Å². The molecule has 0 saturated heterocycles. The molecule has 0 bridgehead atoms. The first-order valence-corrected chi connectivity index (χ1v) is 10.6.